The van der Waals surface area contributed by atoms with Crippen LogP contribution in [0.15, 0.2) is 42.5 Å². The molecule has 1 N–H and O–H groups in total. The van der Waals surface area contributed by atoms with Gasteiger partial charge in [0, 0.05) is 13.0 Å². The molecule has 146 valence electrons. The largest absolute Gasteiger partial charge is 0.493 e. The van der Waals surface area contributed by atoms with Crippen molar-refractivity contribution < 1.29 is 18.7 Å². The number of methoxy groups -OCH3 is 2. The number of hydrogen-bond acceptors (Lipinski definition) is 4. The molecule has 0 aliphatic rings. The second-order valence-corrected chi connectivity index (χ2v) is 6.53. The van der Waals surface area contributed by atoms with Crippen LogP contribution in [-0.4, -0.2) is 45.7 Å². The fraction of sp³-hybridized carbons (Fsp3) is 0.381. The average Bonchev–Trinajstić information content (AvgIpc) is 2.66. The maximum atomic E-state index is 13.2. The smallest absolute Gasteiger partial charge is 0.220 e. The van der Waals surface area contributed by atoms with Gasteiger partial charge >= 0.3 is 0 Å². The Morgan fingerprint density at radius 1 is 1.11 bits per heavy atom. The lowest BCUT2D eigenvalue weighted by molar-refractivity contribution is -0.121. The van der Waals surface area contributed by atoms with Gasteiger partial charge in [-0.05, 0) is 55.9 Å². The van der Waals surface area contributed by atoms with Gasteiger partial charge in [0.1, 0.15) is 5.82 Å². The zero-order valence-corrected chi connectivity index (χ0v) is 16.3. The van der Waals surface area contributed by atoms with Crippen LogP contribution in [0.25, 0.3) is 0 Å². The summed E-state index contributed by atoms with van der Waals surface area (Å²) in [6.45, 7) is 0.463. The number of ether oxygens (including phenoxy) is 2. The Morgan fingerprint density at radius 3 is 2.48 bits per heavy atom. The van der Waals surface area contributed by atoms with Crippen LogP contribution in [0.5, 0.6) is 11.5 Å². The van der Waals surface area contributed by atoms with E-state index in [1.165, 1.54) is 12.1 Å². The van der Waals surface area contributed by atoms with E-state index in [9.17, 15) is 9.18 Å². The van der Waals surface area contributed by atoms with Crippen LogP contribution in [0, 0.1) is 5.82 Å². The molecule has 0 spiro atoms. The molecule has 2 rings (SSSR count). The number of rotatable bonds is 9. The molecule has 1 amide bonds. The van der Waals surface area contributed by atoms with Gasteiger partial charge in [-0.3, -0.25) is 4.79 Å². The van der Waals surface area contributed by atoms with Crippen molar-refractivity contribution >= 4 is 5.91 Å². The zero-order chi connectivity index (χ0) is 19.8. The number of carbonyl (C=O) groups is 1. The monoisotopic (exact) mass is 374 g/mol. The quantitative estimate of drug-likeness (QED) is 0.732. The van der Waals surface area contributed by atoms with Gasteiger partial charge in [0.15, 0.2) is 11.5 Å². The third-order valence-electron chi connectivity index (χ3n) is 4.44. The van der Waals surface area contributed by atoms with Gasteiger partial charge in [0.25, 0.3) is 0 Å². The molecule has 1 atom stereocenters. The minimum absolute atomic E-state index is 0.0112. The maximum Gasteiger partial charge on any atom is 0.220 e. The van der Waals surface area contributed by atoms with Crippen LogP contribution in [0.1, 0.15) is 23.6 Å². The summed E-state index contributed by atoms with van der Waals surface area (Å²) in [6, 6.07) is 12.1. The van der Waals surface area contributed by atoms with E-state index in [4.69, 9.17) is 9.47 Å². The predicted molar refractivity (Wildman–Crippen MR) is 104 cm³/mol. The number of amides is 1. The maximum absolute atomic E-state index is 13.2. The number of carbonyl (C=O) groups excluding carboxylic acids is 1. The van der Waals surface area contributed by atoms with Crippen molar-refractivity contribution in [2.45, 2.75) is 18.9 Å². The Bertz CT molecular complexity index is 765. The summed E-state index contributed by atoms with van der Waals surface area (Å²) in [5.41, 5.74) is 1.83. The molecule has 0 aromatic heterocycles. The summed E-state index contributed by atoms with van der Waals surface area (Å²) < 4.78 is 23.9. The highest BCUT2D eigenvalue weighted by atomic mass is 19.1. The van der Waals surface area contributed by atoms with Crippen LogP contribution in [-0.2, 0) is 11.2 Å². The van der Waals surface area contributed by atoms with Crippen LogP contribution in [0.4, 0.5) is 4.39 Å². The summed E-state index contributed by atoms with van der Waals surface area (Å²) in [5, 5.41) is 2.97. The van der Waals surface area contributed by atoms with E-state index in [0.717, 1.165) is 11.1 Å². The van der Waals surface area contributed by atoms with Gasteiger partial charge in [0.2, 0.25) is 5.91 Å². The lowest BCUT2D eigenvalue weighted by Gasteiger charge is -2.26. The van der Waals surface area contributed by atoms with Crippen molar-refractivity contribution in [1.82, 2.24) is 10.2 Å². The van der Waals surface area contributed by atoms with Gasteiger partial charge in [0.05, 0.1) is 20.3 Å². The zero-order valence-electron chi connectivity index (χ0n) is 16.3. The van der Waals surface area contributed by atoms with E-state index in [0.29, 0.717) is 30.9 Å². The number of likely N-dealkylation sites (N-methyl/N-ethyl adjacent to an activating group) is 1. The van der Waals surface area contributed by atoms with Crippen LogP contribution in [0.3, 0.4) is 0 Å². The molecule has 0 bridgehead atoms. The standard InChI is InChI=1S/C21H27FN2O3/c1-24(2)18(16-9-10-19(26-3)20(13-16)27-4)14-23-21(25)11-8-15-6-5-7-17(22)12-15/h5-7,9-10,12-13,18H,8,11,14H2,1-4H3,(H,23,25). The van der Waals surface area contributed by atoms with Crippen LogP contribution in [0.2, 0.25) is 0 Å². The Balaban J connectivity index is 1.97. The molecule has 2 aromatic rings. The van der Waals surface area contributed by atoms with Crippen molar-refractivity contribution in [1.29, 1.82) is 0 Å². The molecular weight excluding hydrogens is 347 g/mol. The van der Waals surface area contributed by atoms with Gasteiger partial charge in [-0.2, -0.15) is 0 Å². The van der Waals surface area contributed by atoms with Crippen LogP contribution < -0.4 is 14.8 Å². The highest BCUT2D eigenvalue weighted by molar-refractivity contribution is 5.76. The Kier molecular flexibility index (Phi) is 7.61. The first-order valence-electron chi connectivity index (χ1n) is 8.84. The van der Waals surface area contributed by atoms with E-state index in [2.05, 4.69) is 5.32 Å². The molecule has 0 aliphatic heterocycles. The summed E-state index contributed by atoms with van der Waals surface area (Å²) in [7, 11) is 7.11. The fourth-order valence-corrected chi connectivity index (χ4v) is 2.91. The fourth-order valence-electron chi connectivity index (χ4n) is 2.91. The lowest BCUT2D eigenvalue weighted by Crippen LogP contribution is -2.34. The summed E-state index contributed by atoms with van der Waals surface area (Å²) in [4.78, 5) is 14.3. The van der Waals surface area contributed by atoms with E-state index in [1.54, 1.807) is 20.3 Å². The normalized spacial score (nSPS) is 11.9. The molecule has 1 unspecified atom stereocenters. The topological polar surface area (TPSA) is 50.8 Å². The van der Waals surface area contributed by atoms with Crippen molar-refractivity contribution in [3.05, 3.63) is 59.4 Å². The first-order valence-corrected chi connectivity index (χ1v) is 8.84. The van der Waals surface area contributed by atoms with Crippen molar-refractivity contribution in [3.8, 4) is 11.5 Å². The summed E-state index contributed by atoms with van der Waals surface area (Å²) in [5.74, 6) is 0.970. The lowest BCUT2D eigenvalue weighted by atomic mass is 10.0. The highest BCUT2D eigenvalue weighted by Crippen LogP contribution is 2.31. The van der Waals surface area contributed by atoms with Crippen molar-refractivity contribution in [2.75, 3.05) is 34.9 Å². The van der Waals surface area contributed by atoms with Gasteiger partial charge < -0.3 is 19.7 Å². The summed E-state index contributed by atoms with van der Waals surface area (Å²) in [6.07, 6.45) is 0.822. The Labute approximate surface area is 160 Å². The molecule has 0 radical (unpaired) electrons. The first kappa shape index (κ1) is 20.7. The number of hydrogen-bond donors (Lipinski definition) is 1. The molecule has 0 aliphatic carbocycles. The minimum atomic E-state index is -0.283. The third-order valence-corrected chi connectivity index (χ3v) is 4.44. The number of aryl methyl sites for hydroxylation is 1. The van der Waals surface area contributed by atoms with Gasteiger partial charge in [-0.25, -0.2) is 4.39 Å². The van der Waals surface area contributed by atoms with E-state index >= 15 is 0 Å². The number of halogens is 1. The second-order valence-electron chi connectivity index (χ2n) is 6.53. The molecule has 0 saturated carbocycles. The molecule has 0 saturated heterocycles. The molecule has 0 fully saturated rings. The average molecular weight is 374 g/mol. The van der Waals surface area contributed by atoms with Crippen molar-refractivity contribution in [2.24, 2.45) is 0 Å². The number of benzene rings is 2. The number of nitrogens with one attached hydrogen (secondary N) is 1. The predicted octanol–water partition coefficient (Wildman–Crippen LogP) is 3.19. The SMILES string of the molecule is COc1ccc(C(CNC(=O)CCc2cccc(F)c2)N(C)C)cc1OC. The number of nitrogens with zero attached hydrogens (tertiary/aromatic N) is 1. The van der Waals surface area contributed by atoms with Gasteiger partial charge in [-0.1, -0.05) is 18.2 Å². The van der Waals surface area contributed by atoms with Crippen LogP contribution >= 0.6 is 0 Å². The molecule has 2 aromatic carbocycles. The van der Waals surface area contributed by atoms with E-state index in [1.807, 2.05) is 43.3 Å². The Morgan fingerprint density at radius 2 is 1.85 bits per heavy atom. The van der Waals surface area contributed by atoms with E-state index < -0.39 is 0 Å². The minimum Gasteiger partial charge on any atom is -0.493 e. The first-order chi connectivity index (χ1) is 12.9. The molecule has 5 nitrogen and oxygen atoms in total. The molecule has 6 heteroatoms. The molecular formula is C21H27FN2O3. The molecule has 27 heavy (non-hydrogen) atoms. The van der Waals surface area contributed by atoms with Crippen molar-refractivity contribution in [3.63, 3.8) is 0 Å². The summed E-state index contributed by atoms with van der Waals surface area (Å²) >= 11 is 0. The highest BCUT2D eigenvalue weighted by Gasteiger charge is 2.17. The van der Waals surface area contributed by atoms with Gasteiger partial charge in [-0.15, -0.1) is 0 Å². The Hall–Kier alpha value is -2.60. The third kappa shape index (κ3) is 5.96. The second kappa shape index (κ2) is 9.92. The molecule has 0 heterocycles. The van der Waals surface area contributed by atoms with E-state index in [-0.39, 0.29) is 17.8 Å².